The van der Waals surface area contributed by atoms with Crippen molar-refractivity contribution in [3.63, 3.8) is 0 Å². The molecule has 0 aromatic carbocycles. The van der Waals surface area contributed by atoms with E-state index in [1.165, 1.54) is 37.7 Å². The monoisotopic (exact) mass is 140 g/mol. The molecule has 10 heavy (non-hydrogen) atoms. The molecule has 0 unspecified atom stereocenters. The summed E-state index contributed by atoms with van der Waals surface area (Å²) in [7, 11) is 0. The highest BCUT2D eigenvalue weighted by atomic mass is 14.7. The first-order valence-electron chi connectivity index (χ1n) is 4.01. The summed E-state index contributed by atoms with van der Waals surface area (Å²) >= 11 is 0. The zero-order valence-corrected chi connectivity index (χ0v) is 6.40. The van der Waals surface area contributed by atoms with Gasteiger partial charge in [-0.15, -0.1) is 0 Å². The van der Waals surface area contributed by atoms with Crippen LogP contribution in [-0.2, 0) is 0 Å². The van der Waals surface area contributed by atoms with E-state index in [2.05, 4.69) is 0 Å². The third kappa shape index (κ3) is 1.74. The molecule has 2 nitrogen and oxygen atoms in total. The molecule has 1 saturated carbocycles. The minimum atomic E-state index is 0.537. The Hall–Kier alpha value is -0.500. The van der Waals surface area contributed by atoms with Crippen LogP contribution in [0.1, 0.15) is 32.1 Å². The Kier molecular flexibility index (Phi) is 2.75. The van der Waals surface area contributed by atoms with Gasteiger partial charge in [0.15, 0.2) is 0 Å². The minimum absolute atomic E-state index is 0.537. The van der Waals surface area contributed by atoms with Crippen LogP contribution in [0.3, 0.4) is 0 Å². The van der Waals surface area contributed by atoms with Gasteiger partial charge in [0.2, 0.25) is 0 Å². The number of nitrogens with two attached hydrogens (primary N) is 2. The molecule has 0 aromatic rings. The van der Waals surface area contributed by atoms with Crippen molar-refractivity contribution >= 4 is 0 Å². The number of allylic oxidation sites excluding steroid dienone is 1. The molecule has 0 atom stereocenters. The summed E-state index contributed by atoms with van der Waals surface area (Å²) in [5.41, 5.74) is 13.5. The standard InChI is InChI=1S/C8H16N2/c9-6-8(10)7-4-2-1-3-5-7/h1-6,9-10H2. The van der Waals surface area contributed by atoms with Crippen molar-refractivity contribution in [3.8, 4) is 0 Å². The van der Waals surface area contributed by atoms with Gasteiger partial charge in [0.25, 0.3) is 0 Å². The van der Waals surface area contributed by atoms with E-state index in [1.807, 2.05) is 0 Å². The molecule has 1 rings (SSSR count). The second kappa shape index (κ2) is 3.62. The molecule has 4 N–H and O–H groups in total. The smallest absolute Gasteiger partial charge is 0.0326 e. The lowest BCUT2D eigenvalue weighted by Gasteiger charge is -2.15. The van der Waals surface area contributed by atoms with Gasteiger partial charge in [-0.2, -0.15) is 0 Å². The Bertz CT molecular complexity index is 130. The zero-order chi connectivity index (χ0) is 7.40. The number of rotatable bonds is 1. The van der Waals surface area contributed by atoms with E-state index in [9.17, 15) is 0 Å². The maximum atomic E-state index is 5.70. The van der Waals surface area contributed by atoms with Gasteiger partial charge in [0.1, 0.15) is 0 Å². The van der Waals surface area contributed by atoms with Gasteiger partial charge >= 0.3 is 0 Å². The summed E-state index contributed by atoms with van der Waals surface area (Å²) < 4.78 is 0. The maximum Gasteiger partial charge on any atom is 0.0326 e. The number of hydrogen-bond donors (Lipinski definition) is 2. The van der Waals surface area contributed by atoms with Gasteiger partial charge in [-0.1, -0.05) is 12.0 Å². The van der Waals surface area contributed by atoms with Crippen LogP contribution in [0.4, 0.5) is 0 Å². The Morgan fingerprint density at radius 3 is 2.30 bits per heavy atom. The quantitative estimate of drug-likeness (QED) is 0.573. The van der Waals surface area contributed by atoms with Crippen LogP contribution in [0, 0.1) is 0 Å². The van der Waals surface area contributed by atoms with E-state index in [1.54, 1.807) is 0 Å². The summed E-state index contributed by atoms with van der Waals surface area (Å²) in [5.74, 6) is 0. The Morgan fingerprint density at radius 1 is 1.20 bits per heavy atom. The van der Waals surface area contributed by atoms with Crippen molar-refractivity contribution < 1.29 is 0 Å². The van der Waals surface area contributed by atoms with Crippen molar-refractivity contribution in [3.05, 3.63) is 11.3 Å². The highest BCUT2D eigenvalue weighted by Gasteiger charge is 2.07. The third-order valence-corrected chi connectivity index (χ3v) is 2.13. The molecule has 0 radical (unpaired) electrons. The average Bonchev–Trinajstić information content (AvgIpc) is 2.05. The van der Waals surface area contributed by atoms with Crippen LogP contribution < -0.4 is 11.5 Å². The van der Waals surface area contributed by atoms with Crippen LogP contribution in [-0.4, -0.2) is 6.54 Å². The predicted molar refractivity (Wildman–Crippen MR) is 43.4 cm³/mol. The van der Waals surface area contributed by atoms with Gasteiger partial charge < -0.3 is 11.5 Å². The van der Waals surface area contributed by atoms with E-state index in [-0.39, 0.29) is 0 Å². The van der Waals surface area contributed by atoms with Gasteiger partial charge in [0.05, 0.1) is 0 Å². The van der Waals surface area contributed by atoms with Crippen molar-refractivity contribution in [2.45, 2.75) is 32.1 Å². The maximum absolute atomic E-state index is 5.70. The zero-order valence-electron chi connectivity index (χ0n) is 6.40. The van der Waals surface area contributed by atoms with Crippen molar-refractivity contribution in [2.24, 2.45) is 11.5 Å². The molecule has 58 valence electrons. The summed E-state index contributed by atoms with van der Waals surface area (Å²) in [6.07, 6.45) is 6.33. The topological polar surface area (TPSA) is 52.0 Å². The summed E-state index contributed by atoms with van der Waals surface area (Å²) in [6.45, 7) is 0.537. The van der Waals surface area contributed by atoms with Crippen molar-refractivity contribution in [1.29, 1.82) is 0 Å². The Morgan fingerprint density at radius 2 is 1.80 bits per heavy atom. The van der Waals surface area contributed by atoms with Crippen LogP contribution in [0.15, 0.2) is 11.3 Å². The molecule has 0 aliphatic heterocycles. The van der Waals surface area contributed by atoms with Gasteiger partial charge in [0, 0.05) is 12.2 Å². The highest BCUT2D eigenvalue weighted by Crippen LogP contribution is 2.23. The average molecular weight is 140 g/mol. The largest absolute Gasteiger partial charge is 0.401 e. The van der Waals surface area contributed by atoms with Gasteiger partial charge in [-0.25, -0.2) is 0 Å². The van der Waals surface area contributed by atoms with Crippen LogP contribution in [0.2, 0.25) is 0 Å². The third-order valence-electron chi connectivity index (χ3n) is 2.13. The Labute approximate surface area is 62.3 Å². The van der Waals surface area contributed by atoms with E-state index in [4.69, 9.17) is 11.5 Å². The fourth-order valence-electron chi connectivity index (χ4n) is 1.44. The fourth-order valence-corrected chi connectivity index (χ4v) is 1.44. The molecule has 0 heterocycles. The van der Waals surface area contributed by atoms with Crippen LogP contribution in [0.5, 0.6) is 0 Å². The molecular weight excluding hydrogens is 124 g/mol. The van der Waals surface area contributed by atoms with E-state index < -0.39 is 0 Å². The van der Waals surface area contributed by atoms with E-state index >= 15 is 0 Å². The highest BCUT2D eigenvalue weighted by molar-refractivity contribution is 5.13. The van der Waals surface area contributed by atoms with Crippen LogP contribution in [0.25, 0.3) is 0 Å². The predicted octanol–water partition coefficient (Wildman–Crippen LogP) is 1.12. The molecule has 1 aliphatic rings. The van der Waals surface area contributed by atoms with E-state index in [0.29, 0.717) is 6.54 Å². The lowest BCUT2D eigenvalue weighted by atomic mass is 9.93. The molecule has 1 fully saturated rings. The molecule has 0 spiro atoms. The molecule has 0 bridgehead atoms. The summed E-state index contributed by atoms with van der Waals surface area (Å²) in [4.78, 5) is 0. The normalized spacial score (nSPS) is 19.1. The molecule has 0 saturated heterocycles. The minimum Gasteiger partial charge on any atom is -0.401 e. The Balaban J connectivity index is 2.51. The molecule has 2 heteroatoms. The van der Waals surface area contributed by atoms with Gasteiger partial charge in [-0.3, -0.25) is 0 Å². The van der Waals surface area contributed by atoms with Crippen molar-refractivity contribution in [1.82, 2.24) is 0 Å². The summed E-state index contributed by atoms with van der Waals surface area (Å²) in [6, 6.07) is 0. The lowest BCUT2D eigenvalue weighted by Crippen LogP contribution is -2.15. The lowest BCUT2D eigenvalue weighted by molar-refractivity contribution is 0.591. The SMILES string of the molecule is NCC(N)=C1CCCCC1. The first-order valence-corrected chi connectivity index (χ1v) is 4.01. The van der Waals surface area contributed by atoms with E-state index in [0.717, 1.165) is 5.70 Å². The van der Waals surface area contributed by atoms with Gasteiger partial charge in [-0.05, 0) is 25.7 Å². The molecule has 0 amide bonds. The number of hydrogen-bond acceptors (Lipinski definition) is 2. The summed E-state index contributed by atoms with van der Waals surface area (Å²) in [5, 5.41) is 0. The first-order chi connectivity index (χ1) is 4.84. The van der Waals surface area contributed by atoms with Crippen LogP contribution >= 0.6 is 0 Å². The molecule has 1 aliphatic carbocycles. The second-order valence-electron chi connectivity index (χ2n) is 2.89. The fraction of sp³-hybridized carbons (Fsp3) is 0.750. The molecule has 0 aromatic heterocycles. The van der Waals surface area contributed by atoms with Crippen molar-refractivity contribution in [2.75, 3.05) is 6.54 Å². The molecular formula is C8H16N2. The first kappa shape index (κ1) is 7.61. The second-order valence-corrected chi connectivity index (χ2v) is 2.89.